The van der Waals surface area contributed by atoms with Crippen LogP contribution < -0.4 is 5.56 Å². The quantitative estimate of drug-likeness (QED) is 0.664. The van der Waals surface area contributed by atoms with Crippen molar-refractivity contribution in [3.8, 4) is 5.69 Å². The molecule has 1 N–H and O–H groups in total. The molecule has 1 atom stereocenters. The first-order valence-corrected chi connectivity index (χ1v) is 8.83. The van der Waals surface area contributed by atoms with Gasteiger partial charge in [0.25, 0.3) is 5.56 Å². The number of aromatic nitrogens is 2. The van der Waals surface area contributed by atoms with Gasteiger partial charge in [-0.15, -0.1) is 11.3 Å². The highest BCUT2D eigenvalue weighted by Gasteiger charge is 2.23. The maximum absolute atomic E-state index is 14.1. The van der Waals surface area contributed by atoms with E-state index >= 15 is 0 Å². The number of fused-ring (bicyclic) bond motifs is 3. The number of para-hydroxylation sites is 1. The number of aryl methyl sites for hydroxylation is 1. The summed E-state index contributed by atoms with van der Waals surface area (Å²) >= 11 is 6.93. The Labute approximate surface area is 141 Å². The van der Waals surface area contributed by atoms with Crippen molar-refractivity contribution in [2.45, 2.75) is 26.2 Å². The summed E-state index contributed by atoms with van der Waals surface area (Å²) in [5.41, 5.74) is 1.09. The molecule has 0 radical (unpaired) electrons. The number of hydrogen-bond donors (Lipinski definition) is 1. The monoisotopic (exact) mass is 346 g/mol. The van der Waals surface area contributed by atoms with Gasteiger partial charge < -0.3 is 4.98 Å². The molecule has 3 aromatic rings. The second-order valence-electron chi connectivity index (χ2n) is 6.08. The van der Waals surface area contributed by atoms with Gasteiger partial charge in [0.15, 0.2) is 4.77 Å². The molecule has 2 aromatic heterocycles. The zero-order chi connectivity index (χ0) is 16.1. The molecule has 0 spiro atoms. The van der Waals surface area contributed by atoms with Crippen LogP contribution in [-0.2, 0) is 12.8 Å². The molecule has 6 heteroatoms. The van der Waals surface area contributed by atoms with E-state index in [1.165, 1.54) is 15.5 Å². The number of hydrogen-bond acceptors (Lipinski definition) is 3. The molecule has 23 heavy (non-hydrogen) atoms. The Kier molecular flexibility index (Phi) is 3.46. The van der Waals surface area contributed by atoms with E-state index in [0.717, 1.165) is 29.7 Å². The molecule has 1 aliphatic rings. The smallest absolute Gasteiger partial charge is 0.268 e. The molecule has 2 heterocycles. The van der Waals surface area contributed by atoms with E-state index in [9.17, 15) is 9.18 Å². The summed E-state index contributed by atoms with van der Waals surface area (Å²) in [5, 5.41) is 0.675. The van der Waals surface area contributed by atoms with Crippen LogP contribution in [0.4, 0.5) is 4.39 Å². The highest BCUT2D eigenvalue weighted by atomic mass is 32.1. The lowest BCUT2D eigenvalue weighted by atomic mass is 9.89. The Balaban J connectivity index is 2.07. The van der Waals surface area contributed by atoms with Gasteiger partial charge >= 0.3 is 0 Å². The first kappa shape index (κ1) is 14.8. The van der Waals surface area contributed by atoms with Crippen LogP contribution in [0.1, 0.15) is 23.8 Å². The third-order valence-electron chi connectivity index (χ3n) is 4.45. The van der Waals surface area contributed by atoms with Crippen LogP contribution in [0.2, 0.25) is 0 Å². The third-order valence-corrected chi connectivity index (χ3v) is 5.90. The molecule has 0 saturated heterocycles. The standard InChI is InChI=1S/C17H15FN2OS2/c1-9-6-7-10-13(8-9)23-15-14(10)16(21)20(17(22)19-15)12-5-3-2-4-11(12)18/h2-5,9H,6-8H2,1H3,(H,19,22)/t9-/m0/s1. The van der Waals surface area contributed by atoms with Crippen LogP contribution in [0.3, 0.4) is 0 Å². The zero-order valence-corrected chi connectivity index (χ0v) is 14.2. The Hall–Kier alpha value is -1.79. The summed E-state index contributed by atoms with van der Waals surface area (Å²) in [5.74, 6) is 0.179. The number of halogens is 1. The number of aromatic amines is 1. The maximum Gasteiger partial charge on any atom is 0.268 e. The Morgan fingerprint density at radius 1 is 1.39 bits per heavy atom. The zero-order valence-electron chi connectivity index (χ0n) is 12.6. The topological polar surface area (TPSA) is 37.8 Å². The number of nitrogens with one attached hydrogen (secondary N) is 1. The predicted octanol–water partition coefficient (Wildman–Crippen LogP) is 4.37. The maximum atomic E-state index is 14.1. The van der Waals surface area contributed by atoms with Gasteiger partial charge in [-0.1, -0.05) is 19.1 Å². The van der Waals surface area contributed by atoms with E-state index in [1.807, 2.05) is 0 Å². The highest BCUT2D eigenvalue weighted by molar-refractivity contribution is 7.71. The second-order valence-corrected chi connectivity index (χ2v) is 7.57. The van der Waals surface area contributed by atoms with Crippen LogP contribution in [0.15, 0.2) is 29.1 Å². The normalized spacial score (nSPS) is 17.4. The van der Waals surface area contributed by atoms with Crippen molar-refractivity contribution >= 4 is 33.8 Å². The van der Waals surface area contributed by atoms with Crippen LogP contribution >= 0.6 is 23.6 Å². The molecular weight excluding hydrogens is 331 g/mol. The van der Waals surface area contributed by atoms with Crippen molar-refractivity contribution in [1.82, 2.24) is 9.55 Å². The summed E-state index contributed by atoms with van der Waals surface area (Å²) < 4.78 is 15.6. The summed E-state index contributed by atoms with van der Waals surface area (Å²) in [6.07, 6.45) is 2.97. The van der Waals surface area contributed by atoms with Crippen molar-refractivity contribution < 1.29 is 4.39 Å². The van der Waals surface area contributed by atoms with E-state index in [1.54, 1.807) is 29.5 Å². The van der Waals surface area contributed by atoms with Gasteiger partial charge in [0, 0.05) is 4.88 Å². The lowest BCUT2D eigenvalue weighted by Crippen LogP contribution is -2.22. The molecule has 0 unspecified atom stereocenters. The molecule has 1 aliphatic carbocycles. The van der Waals surface area contributed by atoms with Gasteiger partial charge in [-0.05, 0) is 55.1 Å². The molecule has 3 nitrogen and oxygen atoms in total. The third kappa shape index (κ3) is 2.28. The Bertz CT molecular complexity index is 1030. The molecule has 4 rings (SSSR count). The molecule has 0 amide bonds. The van der Waals surface area contributed by atoms with E-state index in [2.05, 4.69) is 11.9 Å². The molecule has 0 aliphatic heterocycles. The lowest BCUT2D eigenvalue weighted by molar-refractivity contribution is 0.509. The van der Waals surface area contributed by atoms with Gasteiger partial charge in [0.05, 0.1) is 11.1 Å². The SMILES string of the molecule is C[C@H]1CCc2c(sc3[nH]c(=S)n(-c4ccccc4F)c(=O)c23)C1. The van der Waals surface area contributed by atoms with Gasteiger partial charge in [-0.2, -0.15) is 0 Å². The lowest BCUT2D eigenvalue weighted by Gasteiger charge is -2.17. The van der Waals surface area contributed by atoms with E-state index in [0.29, 0.717) is 11.3 Å². The van der Waals surface area contributed by atoms with Crippen molar-refractivity contribution in [1.29, 1.82) is 0 Å². The average molecular weight is 346 g/mol. The largest absolute Gasteiger partial charge is 0.323 e. The van der Waals surface area contributed by atoms with E-state index < -0.39 is 5.82 Å². The minimum atomic E-state index is -0.453. The Morgan fingerprint density at radius 3 is 2.96 bits per heavy atom. The number of benzene rings is 1. The molecule has 118 valence electrons. The molecular formula is C17H15FN2OS2. The summed E-state index contributed by atoms with van der Waals surface area (Å²) in [6.45, 7) is 2.23. The van der Waals surface area contributed by atoms with Gasteiger partial charge in [0.2, 0.25) is 0 Å². The van der Waals surface area contributed by atoms with Crippen LogP contribution in [0.25, 0.3) is 15.9 Å². The van der Waals surface area contributed by atoms with Crippen LogP contribution in [0, 0.1) is 16.5 Å². The molecule has 0 bridgehead atoms. The highest BCUT2D eigenvalue weighted by Crippen LogP contribution is 2.35. The first-order valence-electron chi connectivity index (χ1n) is 7.60. The average Bonchev–Trinajstić information content (AvgIpc) is 2.86. The fourth-order valence-electron chi connectivity index (χ4n) is 3.27. The number of thiophene rings is 1. The second kappa shape index (κ2) is 5.39. The summed E-state index contributed by atoms with van der Waals surface area (Å²) in [6, 6.07) is 6.22. The van der Waals surface area contributed by atoms with Crippen molar-refractivity contribution in [2.24, 2.45) is 5.92 Å². The first-order chi connectivity index (χ1) is 11.1. The van der Waals surface area contributed by atoms with Gasteiger partial charge in [-0.25, -0.2) is 8.96 Å². The molecule has 0 fully saturated rings. The van der Waals surface area contributed by atoms with Gasteiger partial charge in [-0.3, -0.25) is 4.79 Å². The van der Waals surface area contributed by atoms with Crippen molar-refractivity contribution in [3.63, 3.8) is 0 Å². The van der Waals surface area contributed by atoms with Crippen LogP contribution in [-0.4, -0.2) is 9.55 Å². The summed E-state index contributed by atoms with van der Waals surface area (Å²) in [4.78, 5) is 18.2. The Morgan fingerprint density at radius 2 is 2.17 bits per heavy atom. The van der Waals surface area contributed by atoms with E-state index in [4.69, 9.17) is 12.2 Å². The number of rotatable bonds is 1. The van der Waals surface area contributed by atoms with Crippen molar-refractivity contribution in [3.05, 3.63) is 55.6 Å². The van der Waals surface area contributed by atoms with Crippen molar-refractivity contribution in [2.75, 3.05) is 0 Å². The fourth-order valence-corrected chi connectivity index (χ4v) is 5.02. The predicted molar refractivity (Wildman–Crippen MR) is 93.8 cm³/mol. The minimum absolute atomic E-state index is 0.199. The van der Waals surface area contributed by atoms with E-state index in [-0.39, 0.29) is 16.0 Å². The van der Waals surface area contributed by atoms with Crippen LogP contribution in [0.5, 0.6) is 0 Å². The fraction of sp³-hybridized carbons (Fsp3) is 0.294. The summed E-state index contributed by atoms with van der Waals surface area (Å²) in [7, 11) is 0. The minimum Gasteiger partial charge on any atom is -0.323 e. The molecule has 0 saturated carbocycles. The van der Waals surface area contributed by atoms with Gasteiger partial charge in [0.1, 0.15) is 10.6 Å². The number of nitrogens with zero attached hydrogens (tertiary/aromatic N) is 1. The molecule has 1 aromatic carbocycles. The number of H-pyrrole nitrogens is 1.